The van der Waals surface area contributed by atoms with Gasteiger partial charge in [0, 0.05) is 6.42 Å². The monoisotopic (exact) mass is 272 g/mol. The number of hydrogen-bond acceptors (Lipinski definition) is 5. The molecule has 0 radical (unpaired) electrons. The second kappa shape index (κ2) is 6.01. The molecule has 19 heavy (non-hydrogen) atoms. The molecule has 0 bridgehead atoms. The van der Waals surface area contributed by atoms with Crippen LogP contribution in [-0.2, 0) is 23.8 Å². The zero-order valence-electron chi connectivity index (χ0n) is 12.4. The summed E-state index contributed by atoms with van der Waals surface area (Å²) >= 11 is 0. The number of carbonyl (C=O) groups excluding carboxylic acids is 2. The molecule has 1 heterocycles. The molecule has 1 fully saturated rings. The van der Waals surface area contributed by atoms with Crippen molar-refractivity contribution >= 4 is 12.3 Å². The van der Waals surface area contributed by atoms with Gasteiger partial charge in [-0.3, -0.25) is 4.79 Å². The summed E-state index contributed by atoms with van der Waals surface area (Å²) in [6.45, 7) is 9.18. The number of carbonyl (C=O) groups is 2. The van der Waals surface area contributed by atoms with Crippen LogP contribution in [0.5, 0.6) is 0 Å². The predicted molar refractivity (Wildman–Crippen MR) is 69.5 cm³/mol. The maximum atomic E-state index is 11.7. The topological polar surface area (TPSA) is 61.8 Å². The Kier molecular flexibility index (Phi) is 5.10. The van der Waals surface area contributed by atoms with Gasteiger partial charge in [0.25, 0.3) is 0 Å². The Labute approximate surface area is 114 Å². The van der Waals surface area contributed by atoms with Gasteiger partial charge in [-0.2, -0.15) is 0 Å². The Morgan fingerprint density at radius 1 is 1.26 bits per heavy atom. The summed E-state index contributed by atoms with van der Waals surface area (Å²) in [6, 6.07) is 0. The van der Waals surface area contributed by atoms with Crippen molar-refractivity contribution in [1.82, 2.24) is 0 Å². The molecule has 0 spiro atoms. The van der Waals surface area contributed by atoms with Gasteiger partial charge in [-0.1, -0.05) is 0 Å². The maximum absolute atomic E-state index is 11.7. The first-order valence-electron chi connectivity index (χ1n) is 6.62. The van der Waals surface area contributed by atoms with Crippen LogP contribution in [0.4, 0.5) is 0 Å². The van der Waals surface area contributed by atoms with E-state index in [2.05, 4.69) is 0 Å². The highest BCUT2D eigenvalue weighted by atomic mass is 16.8. The SMILES string of the molecule is CC1(C)OC(CCC=O)C(COC(=O)C(C)(C)C)O1. The summed E-state index contributed by atoms with van der Waals surface area (Å²) in [5, 5.41) is 0. The van der Waals surface area contributed by atoms with E-state index in [4.69, 9.17) is 14.2 Å². The second-order valence-electron chi connectivity index (χ2n) is 6.30. The minimum atomic E-state index is -0.702. The van der Waals surface area contributed by atoms with E-state index >= 15 is 0 Å². The van der Waals surface area contributed by atoms with Crippen LogP contribution in [-0.4, -0.2) is 36.9 Å². The van der Waals surface area contributed by atoms with Crippen molar-refractivity contribution in [1.29, 1.82) is 0 Å². The average Bonchev–Trinajstić information content (AvgIpc) is 2.56. The normalized spacial score (nSPS) is 26.2. The number of esters is 1. The minimum absolute atomic E-state index is 0.156. The molecule has 110 valence electrons. The van der Waals surface area contributed by atoms with Gasteiger partial charge in [-0.25, -0.2) is 0 Å². The van der Waals surface area contributed by atoms with Gasteiger partial charge in [0.15, 0.2) is 5.79 Å². The summed E-state index contributed by atoms with van der Waals surface area (Å²) < 4.78 is 16.7. The van der Waals surface area contributed by atoms with Crippen LogP contribution in [0.2, 0.25) is 0 Å². The zero-order valence-corrected chi connectivity index (χ0v) is 12.4. The van der Waals surface area contributed by atoms with Crippen LogP contribution >= 0.6 is 0 Å². The van der Waals surface area contributed by atoms with Gasteiger partial charge >= 0.3 is 5.97 Å². The van der Waals surface area contributed by atoms with Crippen molar-refractivity contribution in [2.75, 3.05) is 6.61 Å². The summed E-state index contributed by atoms with van der Waals surface area (Å²) in [5.41, 5.74) is -0.534. The fourth-order valence-electron chi connectivity index (χ4n) is 1.90. The minimum Gasteiger partial charge on any atom is -0.462 e. The van der Waals surface area contributed by atoms with Crippen molar-refractivity contribution < 1.29 is 23.8 Å². The van der Waals surface area contributed by atoms with Crippen molar-refractivity contribution in [3.05, 3.63) is 0 Å². The summed E-state index contributed by atoms with van der Waals surface area (Å²) in [5.74, 6) is -0.971. The molecule has 1 rings (SSSR count). The lowest BCUT2D eigenvalue weighted by atomic mass is 9.97. The largest absolute Gasteiger partial charge is 0.462 e. The summed E-state index contributed by atoms with van der Waals surface area (Å²) in [4.78, 5) is 22.2. The molecular weight excluding hydrogens is 248 g/mol. The molecular formula is C14H24O5. The van der Waals surface area contributed by atoms with Gasteiger partial charge in [0.2, 0.25) is 0 Å². The number of hydrogen-bond donors (Lipinski definition) is 0. The zero-order chi connectivity index (χ0) is 14.7. The van der Waals surface area contributed by atoms with E-state index in [1.807, 2.05) is 13.8 Å². The van der Waals surface area contributed by atoms with Crippen LogP contribution in [0.15, 0.2) is 0 Å². The van der Waals surface area contributed by atoms with Crippen LogP contribution in [0.25, 0.3) is 0 Å². The standard InChI is InChI=1S/C14H24O5/c1-13(2,3)12(16)17-9-11-10(7-6-8-15)18-14(4,5)19-11/h8,10-11H,6-7,9H2,1-5H3. The Morgan fingerprint density at radius 3 is 2.37 bits per heavy atom. The molecule has 0 amide bonds. The smallest absolute Gasteiger partial charge is 0.311 e. The first-order chi connectivity index (χ1) is 8.65. The van der Waals surface area contributed by atoms with Gasteiger partial charge in [0.05, 0.1) is 11.5 Å². The first kappa shape index (κ1) is 16.1. The third kappa shape index (κ3) is 4.91. The van der Waals surface area contributed by atoms with E-state index in [0.717, 1.165) is 6.29 Å². The molecule has 5 nitrogen and oxygen atoms in total. The predicted octanol–water partition coefficient (Wildman–Crippen LogP) is 2.07. The highest BCUT2D eigenvalue weighted by Gasteiger charge is 2.41. The van der Waals surface area contributed by atoms with Gasteiger partial charge in [-0.05, 0) is 41.0 Å². The van der Waals surface area contributed by atoms with Crippen molar-refractivity contribution in [2.45, 2.75) is 65.5 Å². The number of ether oxygens (including phenoxy) is 3. The fraction of sp³-hybridized carbons (Fsp3) is 0.857. The molecule has 5 heteroatoms. The molecule has 0 aromatic heterocycles. The lowest BCUT2D eigenvalue weighted by molar-refractivity contribution is -0.165. The number of rotatable bonds is 5. The number of aldehydes is 1. The van der Waals surface area contributed by atoms with Gasteiger partial charge < -0.3 is 19.0 Å². The molecule has 0 aliphatic carbocycles. The molecule has 0 aromatic carbocycles. The van der Waals surface area contributed by atoms with Gasteiger partial charge in [0.1, 0.15) is 19.0 Å². The highest BCUT2D eigenvalue weighted by Crippen LogP contribution is 2.31. The van der Waals surface area contributed by atoms with E-state index in [1.54, 1.807) is 20.8 Å². The third-order valence-electron chi connectivity index (χ3n) is 2.85. The first-order valence-corrected chi connectivity index (χ1v) is 6.62. The van der Waals surface area contributed by atoms with E-state index < -0.39 is 11.2 Å². The molecule has 0 N–H and O–H groups in total. The maximum Gasteiger partial charge on any atom is 0.311 e. The van der Waals surface area contributed by atoms with E-state index in [9.17, 15) is 9.59 Å². The van der Waals surface area contributed by atoms with E-state index in [-0.39, 0.29) is 24.8 Å². The highest BCUT2D eigenvalue weighted by molar-refractivity contribution is 5.75. The molecule has 1 aliphatic rings. The average molecular weight is 272 g/mol. The van der Waals surface area contributed by atoms with Crippen molar-refractivity contribution in [3.8, 4) is 0 Å². The Balaban J connectivity index is 2.54. The quantitative estimate of drug-likeness (QED) is 0.566. The van der Waals surface area contributed by atoms with E-state index in [1.165, 1.54) is 0 Å². The Bertz CT molecular complexity index is 329. The Hall–Kier alpha value is -0.940. The molecule has 1 saturated heterocycles. The molecule has 0 saturated carbocycles. The van der Waals surface area contributed by atoms with Crippen LogP contribution in [0.3, 0.4) is 0 Å². The second-order valence-corrected chi connectivity index (χ2v) is 6.30. The van der Waals surface area contributed by atoms with Crippen LogP contribution in [0.1, 0.15) is 47.5 Å². The summed E-state index contributed by atoms with van der Waals surface area (Å²) in [7, 11) is 0. The molecule has 2 unspecified atom stereocenters. The molecule has 0 aromatic rings. The van der Waals surface area contributed by atoms with E-state index in [0.29, 0.717) is 12.8 Å². The van der Waals surface area contributed by atoms with Crippen molar-refractivity contribution in [2.24, 2.45) is 5.41 Å². The van der Waals surface area contributed by atoms with Crippen LogP contribution in [0, 0.1) is 5.41 Å². The lowest BCUT2D eigenvalue weighted by Crippen LogP contribution is -2.32. The molecule has 1 aliphatic heterocycles. The third-order valence-corrected chi connectivity index (χ3v) is 2.85. The lowest BCUT2D eigenvalue weighted by Gasteiger charge is -2.20. The van der Waals surface area contributed by atoms with Crippen LogP contribution < -0.4 is 0 Å². The molecule has 2 atom stereocenters. The fourth-order valence-corrected chi connectivity index (χ4v) is 1.90. The van der Waals surface area contributed by atoms with Crippen molar-refractivity contribution in [3.63, 3.8) is 0 Å². The summed E-state index contributed by atoms with van der Waals surface area (Å²) in [6.07, 6.45) is 1.31. The van der Waals surface area contributed by atoms with Gasteiger partial charge in [-0.15, -0.1) is 0 Å². The Morgan fingerprint density at radius 2 is 1.84 bits per heavy atom.